The smallest absolute Gasteiger partial charge is 0.112 e. The summed E-state index contributed by atoms with van der Waals surface area (Å²) in [5.41, 5.74) is 8.46. The molecule has 2 N–H and O–H groups in total. The Hall–Kier alpha value is -4.30. The predicted molar refractivity (Wildman–Crippen MR) is 154 cm³/mol. The van der Waals surface area contributed by atoms with Crippen LogP contribution in [-0.4, -0.2) is 11.0 Å². The van der Waals surface area contributed by atoms with Crippen molar-refractivity contribution in [1.29, 1.82) is 0 Å². The molecule has 0 saturated heterocycles. The first kappa shape index (κ1) is 23.4. The number of hydrogen-bond acceptors (Lipinski definition) is 1. The van der Waals surface area contributed by atoms with E-state index in [4.69, 9.17) is 0 Å². The molecule has 0 amide bonds. The van der Waals surface area contributed by atoms with Crippen molar-refractivity contribution in [3.63, 3.8) is 0 Å². The van der Waals surface area contributed by atoms with E-state index >= 15 is 0 Å². The van der Waals surface area contributed by atoms with Crippen LogP contribution in [0.25, 0.3) is 28.0 Å². The van der Waals surface area contributed by atoms with Gasteiger partial charge in [0, 0.05) is 11.3 Å². The fourth-order valence-electron chi connectivity index (χ4n) is 4.72. The minimum atomic E-state index is 0.0864. The zero-order valence-electron chi connectivity index (χ0n) is 20.9. The number of hydrogen-bond donors (Lipinski definition) is 2. The van der Waals surface area contributed by atoms with Crippen LogP contribution in [0.15, 0.2) is 133 Å². The number of benzene rings is 4. The van der Waals surface area contributed by atoms with Gasteiger partial charge >= 0.3 is 0 Å². The molecule has 0 saturated carbocycles. The summed E-state index contributed by atoms with van der Waals surface area (Å²) in [4.78, 5) is 3.68. The summed E-state index contributed by atoms with van der Waals surface area (Å²) in [5, 5.41) is 3.83. The van der Waals surface area contributed by atoms with Gasteiger partial charge in [-0.25, -0.2) is 0 Å². The number of nitrogens with one attached hydrogen (secondary N) is 2. The first-order valence-corrected chi connectivity index (χ1v) is 12.6. The maximum atomic E-state index is 3.83. The number of aromatic amines is 1. The average Bonchev–Trinajstić information content (AvgIpc) is 3.37. The molecule has 1 aromatic heterocycles. The molecule has 2 unspecified atom stereocenters. The van der Waals surface area contributed by atoms with Crippen molar-refractivity contribution in [2.75, 3.05) is 5.32 Å². The van der Waals surface area contributed by atoms with Gasteiger partial charge in [-0.2, -0.15) is 0 Å². The molecule has 0 aliphatic carbocycles. The molecule has 1 heterocycles. The Bertz CT molecular complexity index is 1400. The third kappa shape index (κ3) is 5.34. The monoisotopic (exact) mass is 468 g/mol. The van der Waals surface area contributed by atoms with Crippen LogP contribution in [0.4, 0.5) is 5.82 Å². The first-order valence-electron chi connectivity index (χ1n) is 12.6. The maximum absolute atomic E-state index is 3.83. The highest BCUT2D eigenvalue weighted by atomic mass is 15.0. The van der Waals surface area contributed by atoms with Crippen LogP contribution in [0, 0.1) is 0 Å². The Morgan fingerprint density at radius 1 is 0.667 bits per heavy atom. The number of aromatic nitrogens is 1. The SMILES string of the molecule is CC(Nc1[nH]c(-c2ccccc2)cc1-c1ccccc1)/C(=C\C(C)c1ccccc1)c1ccccc1. The van der Waals surface area contributed by atoms with Crippen LogP contribution in [0.5, 0.6) is 0 Å². The summed E-state index contributed by atoms with van der Waals surface area (Å²) < 4.78 is 0. The zero-order valence-corrected chi connectivity index (χ0v) is 20.9. The Balaban J connectivity index is 1.53. The molecular formula is C34H32N2. The fraction of sp³-hybridized carbons (Fsp3) is 0.118. The number of allylic oxidation sites excluding steroid dienone is 1. The lowest BCUT2D eigenvalue weighted by Crippen LogP contribution is -2.18. The number of H-pyrrole nitrogens is 1. The predicted octanol–water partition coefficient (Wildman–Crippen LogP) is 9.04. The molecule has 5 rings (SSSR count). The highest BCUT2D eigenvalue weighted by Gasteiger charge is 2.18. The van der Waals surface area contributed by atoms with Gasteiger partial charge in [-0.15, -0.1) is 0 Å². The van der Waals surface area contributed by atoms with Crippen LogP contribution in [0.2, 0.25) is 0 Å². The minimum absolute atomic E-state index is 0.0864. The van der Waals surface area contributed by atoms with Crippen LogP contribution in [0.3, 0.4) is 0 Å². The molecule has 0 aliphatic rings. The molecule has 0 radical (unpaired) electrons. The van der Waals surface area contributed by atoms with Crippen molar-refractivity contribution < 1.29 is 0 Å². The minimum Gasteiger partial charge on any atom is -0.365 e. The second kappa shape index (κ2) is 11.0. The van der Waals surface area contributed by atoms with Crippen molar-refractivity contribution >= 4 is 11.4 Å². The molecular weight excluding hydrogens is 436 g/mol. The van der Waals surface area contributed by atoms with E-state index in [1.807, 2.05) is 0 Å². The van der Waals surface area contributed by atoms with E-state index in [-0.39, 0.29) is 6.04 Å². The van der Waals surface area contributed by atoms with Crippen molar-refractivity contribution in [3.8, 4) is 22.4 Å². The molecule has 2 heteroatoms. The summed E-state index contributed by atoms with van der Waals surface area (Å²) in [5.74, 6) is 1.32. The lowest BCUT2D eigenvalue weighted by molar-refractivity contribution is 0.939. The Morgan fingerprint density at radius 3 is 1.81 bits per heavy atom. The molecule has 4 aromatic carbocycles. The summed E-state index contributed by atoms with van der Waals surface area (Å²) in [6.45, 7) is 4.51. The maximum Gasteiger partial charge on any atom is 0.112 e. The fourth-order valence-corrected chi connectivity index (χ4v) is 4.72. The lowest BCUT2D eigenvalue weighted by atomic mass is 9.92. The van der Waals surface area contributed by atoms with Crippen molar-refractivity contribution in [1.82, 2.24) is 4.98 Å². The van der Waals surface area contributed by atoms with E-state index in [1.54, 1.807) is 0 Å². The molecule has 36 heavy (non-hydrogen) atoms. The largest absolute Gasteiger partial charge is 0.365 e. The van der Waals surface area contributed by atoms with Gasteiger partial charge in [-0.1, -0.05) is 134 Å². The topological polar surface area (TPSA) is 27.8 Å². The van der Waals surface area contributed by atoms with Gasteiger partial charge in [-0.3, -0.25) is 0 Å². The molecule has 0 aliphatic heterocycles. The summed E-state index contributed by atoms with van der Waals surface area (Å²) in [6.07, 6.45) is 2.39. The molecule has 0 bridgehead atoms. The molecule has 5 aromatic rings. The second-order valence-corrected chi connectivity index (χ2v) is 9.26. The standard InChI is InChI=1S/C34H32N2/c1-25(27-15-7-3-8-16-27)23-31(28-17-9-4-10-18-28)26(2)35-34-32(29-19-11-5-12-20-29)24-33(36-34)30-21-13-6-14-22-30/h3-26,35-36H,1-2H3/b31-23+. The van der Waals surface area contributed by atoms with E-state index < -0.39 is 0 Å². The molecule has 2 atom stereocenters. The van der Waals surface area contributed by atoms with E-state index in [9.17, 15) is 0 Å². The van der Waals surface area contributed by atoms with Gasteiger partial charge in [0.15, 0.2) is 0 Å². The molecule has 0 fully saturated rings. The second-order valence-electron chi connectivity index (χ2n) is 9.26. The Morgan fingerprint density at radius 2 is 1.19 bits per heavy atom. The molecule has 2 nitrogen and oxygen atoms in total. The van der Waals surface area contributed by atoms with Crippen LogP contribution < -0.4 is 5.32 Å². The van der Waals surface area contributed by atoms with Gasteiger partial charge in [0.25, 0.3) is 0 Å². The normalized spacial score (nSPS) is 13.2. The third-order valence-electron chi connectivity index (χ3n) is 6.68. The van der Waals surface area contributed by atoms with Gasteiger partial charge < -0.3 is 10.3 Å². The van der Waals surface area contributed by atoms with Gasteiger partial charge in [0.1, 0.15) is 5.82 Å². The lowest BCUT2D eigenvalue weighted by Gasteiger charge is -2.22. The molecule has 178 valence electrons. The van der Waals surface area contributed by atoms with Crippen LogP contribution >= 0.6 is 0 Å². The highest BCUT2D eigenvalue weighted by Crippen LogP contribution is 2.35. The highest BCUT2D eigenvalue weighted by molar-refractivity contribution is 5.84. The van der Waals surface area contributed by atoms with Gasteiger partial charge in [0.2, 0.25) is 0 Å². The zero-order chi connectivity index (χ0) is 24.7. The van der Waals surface area contributed by atoms with Crippen LogP contribution in [0.1, 0.15) is 30.9 Å². The summed E-state index contributed by atoms with van der Waals surface area (Å²) in [6, 6.07) is 44.8. The van der Waals surface area contributed by atoms with Gasteiger partial charge in [-0.05, 0) is 46.7 Å². The van der Waals surface area contributed by atoms with Crippen LogP contribution in [-0.2, 0) is 0 Å². The first-order chi connectivity index (χ1) is 17.7. The Kier molecular flexibility index (Phi) is 7.14. The number of rotatable bonds is 8. The quantitative estimate of drug-likeness (QED) is 0.234. The van der Waals surface area contributed by atoms with Crippen molar-refractivity contribution in [2.45, 2.75) is 25.8 Å². The summed E-state index contributed by atoms with van der Waals surface area (Å²) >= 11 is 0. The van der Waals surface area contributed by atoms with E-state index in [1.165, 1.54) is 33.4 Å². The average molecular weight is 469 g/mol. The number of anilines is 1. The molecule has 0 spiro atoms. The third-order valence-corrected chi connectivity index (χ3v) is 6.68. The van der Waals surface area contributed by atoms with Crippen molar-refractivity contribution in [2.24, 2.45) is 0 Å². The van der Waals surface area contributed by atoms with Crippen molar-refractivity contribution in [3.05, 3.63) is 145 Å². The Labute approximate surface area is 214 Å². The van der Waals surface area contributed by atoms with E-state index in [2.05, 4.69) is 158 Å². The van der Waals surface area contributed by atoms with E-state index in [0.29, 0.717) is 5.92 Å². The van der Waals surface area contributed by atoms with Gasteiger partial charge in [0.05, 0.1) is 6.04 Å². The summed E-state index contributed by atoms with van der Waals surface area (Å²) in [7, 11) is 0. The van der Waals surface area contributed by atoms with E-state index in [0.717, 1.165) is 11.5 Å².